The molecule has 0 amide bonds. The number of fused-ring (bicyclic) bond motifs is 4. The van der Waals surface area contributed by atoms with E-state index in [2.05, 4.69) is 20.3 Å². The molecule has 1 spiro atoms. The second-order valence-corrected chi connectivity index (χ2v) is 7.52. The molecule has 9 heteroatoms. The predicted octanol–water partition coefficient (Wildman–Crippen LogP) is 4.41. The first-order chi connectivity index (χ1) is 14.5. The third-order valence-electron chi connectivity index (χ3n) is 5.27. The largest absolute Gasteiger partial charge is 0.465 e. The fourth-order valence-electron chi connectivity index (χ4n) is 3.87. The minimum absolute atomic E-state index is 0.00775. The summed E-state index contributed by atoms with van der Waals surface area (Å²) in [6, 6.07) is 10.9. The summed E-state index contributed by atoms with van der Waals surface area (Å²) in [4.78, 5) is 12.7. The molecule has 0 aliphatic carbocycles. The number of nitrogens with zero attached hydrogens (tertiary/aromatic N) is 3. The van der Waals surface area contributed by atoms with Crippen LogP contribution in [-0.4, -0.2) is 22.6 Å². The van der Waals surface area contributed by atoms with Gasteiger partial charge in [0.25, 0.3) is 12.0 Å². The summed E-state index contributed by atoms with van der Waals surface area (Å²) < 4.78 is 25.8. The van der Waals surface area contributed by atoms with Crippen LogP contribution in [0, 0.1) is 12.9 Å². The van der Waals surface area contributed by atoms with E-state index in [0.29, 0.717) is 24.3 Å². The van der Waals surface area contributed by atoms with Gasteiger partial charge in [-0.3, -0.25) is 0 Å². The summed E-state index contributed by atoms with van der Waals surface area (Å²) in [5.74, 6) is 0.393. The molecule has 3 N–H and O–H groups in total. The van der Waals surface area contributed by atoms with Crippen molar-refractivity contribution in [2.24, 2.45) is 10.7 Å². The van der Waals surface area contributed by atoms with Gasteiger partial charge in [0.15, 0.2) is 5.75 Å². The number of anilines is 2. The molecule has 2 aliphatic heterocycles. The van der Waals surface area contributed by atoms with Gasteiger partial charge in [-0.15, -0.1) is 0 Å². The van der Waals surface area contributed by atoms with Gasteiger partial charge in [-0.25, -0.2) is 15.0 Å². The van der Waals surface area contributed by atoms with E-state index in [4.69, 9.17) is 26.8 Å². The predicted molar refractivity (Wildman–Crippen MR) is 111 cm³/mol. The SMILES string of the molecule is Cc1cccnc1Nc1ccc2c(c1)C1(CCOC(N)=N1)c1cc(Cl)nc(F)c1O2. The van der Waals surface area contributed by atoms with Crippen LogP contribution in [0.4, 0.5) is 15.9 Å². The number of amidine groups is 1. The van der Waals surface area contributed by atoms with Crippen LogP contribution in [0.3, 0.4) is 0 Å². The summed E-state index contributed by atoms with van der Waals surface area (Å²) >= 11 is 6.07. The number of hydrogen-bond acceptors (Lipinski definition) is 7. The van der Waals surface area contributed by atoms with E-state index in [1.165, 1.54) is 0 Å². The molecule has 4 heterocycles. The van der Waals surface area contributed by atoms with Gasteiger partial charge in [-0.2, -0.15) is 4.39 Å². The first-order valence-corrected chi connectivity index (χ1v) is 9.70. The molecule has 3 aromatic rings. The van der Waals surface area contributed by atoms with Crippen molar-refractivity contribution in [3.8, 4) is 11.5 Å². The first-order valence-electron chi connectivity index (χ1n) is 9.32. The van der Waals surface area contributed by atoms with Crippen LogP contribution in [0.1, 0.15) is 23.1 Å². The maximum atomic E-state index is 14.6. The number of aryl methyl sites for hydroxylation is 1. The van der Waals surface area contributed by atoms with Gasteiger partial charge >= 0.3 is 0 Å². The third kappa shape index (κ3) is 2.91. The Labute approximate surface area is 176 Å². The quantitative estimate of drug-likeness (QED) is 0.591. The molecule has 0 bridgehead atoms. The average molecular weight is 426 g/mol. The molecule has 1 atom stereocenters. The molecule has 5 rings (SSSR count). The lowest BCUT2D eigenvalue weighted by molar-refractivity contribution is 0.217. The van der Waals surface area contributed by atoms with Crippen LogP contribution in [0.15, 0.2) is 47.6 Å². The van der Waals surface area contributed by atoms with E-state index in [1.54, 1.807) is 18.3 Å². The summed E-state index contributed by atoms with van der Waals surface area (Å²) in [5, 5.41) is 3.32. The van der Waals surface area contributed by atoms with Crippen LogP contribution in [0.2, 0.25) is 5.15 Å². The molecule has 2 aliphatic rings. The molecule has 30 heavy (non-hydrogen) atoms. The van der Waals surface area contributed by atoms with Crippen LogP contribution in [-0.2, 0) is 10.3 Å². The van der Waals surface area contributed by atoms with Crippen molar-refractivity contribution in [2.75, 3.05) is 11.9 Å². The van der Waals surface area contributed by atoms with E-state index in [9.17, 15) is 4.39 Å². The van der Waals surface area contributed by atoms with Gasteiger partial charge in [-0.1, -0.05) is 17.7 Å². The number of hydrogen-bond donors (Lipinski definition) is 2. The van der Waals surface area contributed by atoms with Crippen molar-refractivity contribution < 1.29 is 13.9 Å². The average Bonchev–Trinajstić information content (AvgIpc) is 2.71. The summed E-state index contributed by atoms with van der Waals surface area (Å²) in [5.41, 5.74) is 7.89. The highest BCUT2D eigenvalue weighted by molar-refractivity contribution is 6.29. The van der Waals surface area contributed by atoms with Crippen molar-refractivity contribution >= 4 is 29.1 Å². The number of benzene rings is 1. The molecule has 0 fully saturated rings. The molecule has 0 saturated carbocycles. The van der Waals surface area contributed by atoms with Crippen LogP contribution < -0.4 is 15.8 Å². The molecule has 0 saturated heterocycles. The lowest BCUT2D eigenvalue weighted by atomic mass is 9.78. The van der Waals surface area contributed by atoms with Gasteiger partial charge in [0.2, 0.25) is 0 Å². The van der Waals surface area contributed by atoms with E-state index >= 15 is 0 Å². The summed E-state index contributed by atoms with van der Waals surface area (Å²) in [6.45, 7) is 2.28. The second-order valence-electron chi connectivity index (χ2n) is 7.13. The Balaban J connectivity index is 1.69. The Morgan fingerprint density at radius 2 is 2.10 bits per heavy atom. The molecule has 152 valence electrons. The highest BCUT2D eigenvalue weighted by Crippen LogP contribution is 2.53. The number of ether oxygens (including phenoxy) is 2. The van der Waals surface area contributed by atoms with Crippen molar-refractivity contribution in [1.82, 2.24) is 9.97 Å². The zero-order valence-electron chi connectivity index (χ0n) is 15.9. The third-order valence-corrected chi connectivity index (χ3v) is 5.46. The molecule has 1 aromatic carbocycles. The topological polar surface area (TPSA) is 94.7 Å². The summed E-state index contributed by atoms with van der Waals surface area (Å²) in [6.07, 6.45) is 2.15. The first kappa shape index (κ1) is 18.6. The number of aromatic nitrogens is 2. The smallest absolute Gasteiger partial charge is 0.283 e. The van der Waals surface area contributed by atoms with Gasteiger partial charge in [0.1, 0.15) is 22.3 Å². The zero-order chi connectivity index (χ0) is 20.9. The van der Waals surface area contributed by atoms with Crippen LogP contribution in [0.25, 0.3) is 0 Å². The van der Waals surface area contributed by atoms with E-state index < -0.39 is 11.5 Å². The summed E-state index contributed by atoms with van der Waals surface area (Å²) in [7, 11) is 0. The zero-order valence-corrected chi connectivity index (χ0v) is 16.7. The fourth-order valence-corrected chi connectivity index (χ4v) is 4.06. The molecular weight excluding hydrogens is 409 g/mol. The maximum absolute atomic E-state index is 14.6. The standard InChI is InChI=1S/C21H17ClFN5O2/c1-11-3-2-7-25-19(11)26-12-4-5-15-13(9-12)21(6-8-29-20(24)28-21)14-10-16(22)27-18(23)17(14)30-15/h2-5,7,9-10H,6,8H2,1H3,(H2,24,28)(H,25,26). The van der Waals surface area contributed by atoms with E-state index in [-0.39, 0.29) is 16.9 Å². The number of nitrogens with one attached hydrogen (secondary N) is 1. The monoisotopic (exact) mass is 425 g/mol. The lowest BCUT2D eigenvalue weighted by Gasteiger charge is -2.39. The maximum Gasteiger partial charge on any atom is 0.283 e. The normalized spacial score (nSPS) is 19.2. The minimum atomic E-state index is -1.00. The number of aliphatic imine (C=N–C) groups is 1. The molecule has 0 radical (unpaired) electrons. The lowest BCUT2D eigenvalue weighted by Crippen LogP contribution is -2.39. The van der Waals surface area contributed by atoms with Gasteiger partial charge in [0.05, 0.1) is 6.61 Å². The van der Waals surface area contributed by atoms with Crippen LogP contribution >= 0.6 is 11.6 Å². The highest BCUT2D eigenvalue weighted by atomic mass is 35.5. The Bertz CT molecular complexity index is 1200. The Kier molecular flexibility index (Phi) is 4.25. The molecular formula is C21H17ClFN5O2. The van der Waals surface area contributed by atoms with Crippen molar-refractivity contribution in [3.05, 3.63) is 70.4 Å². The van der Waals surface area contributed by atoms with Crippen molar-refractivity contribution in [3.63, 3.8) is 0 Å². The number of pyridine rings is 2. The van der Waals surface area contributed by atoms with E-state index in [1.807, 2.05) is 31.2 Å². The molecule has 7 nitrogen and oxygen atoms in total. The second kappa shape index (κ2) is 6.84. The Hall–Kier alpha value is -3.39. The Morgan fingerprint density at radius 1 is 1.23 bits per heavy atom. The van der Waals surface area contributed by atoms with Crippen LogP contribution in [0.5, 0.6) is 11.5 Å². The molecule has 1 unspecified atom stereocenters. The number of nitrogens with two attached hydrogens (primary N) is 1. The van der Waals surface area contributed by atoms with Crippen molar-refractivity contribution in [2.45, 2.75) is 18.9 Å². The molecule has 2 aromatic heterocycles. The number of rotatable bonds is 2. The fraction of sp³-hybridized carbons (Fsp3) is 0.190. The van der Waals surface area contributed by atoms with Gasteiger partial charge < -0.3 is 20.5 Å². The minimum Gasteiger partial charge on any atom is -0.465 e. The Morgan fingerprint density at radius 3 is 2.90 bits per heavy atom. The van der Waals surface area contributed by atoms with Gasteiger partial charge in [0, 0.05) is 29.4 Å². The van der Waals surface area contributed by atoms with E-state index in [0.717, 1.165) is 22.6 Å². The van der Waals surface area contributed by atoms with Gasteiger partial charge in [-0.05, 0) is 42.8 Å². The highest BCUT2D eigenvalue weighted by Gasteiger charge is 2.46. The van der Waals surface area contributed by atoms with Crippen molar-refractivity contribution in [1.29, 1.82) is 0 Å². The number of halogens is 2.